The van der Waals surface area contributed by atoms with Crippen LogP contribution < -0.4 is 4.74 Å². The van der Waals surface area contributed by atoms with E-state index < -0.39 is 23.1 Å². The molecule has 22 heavy (non-hydrogen) atoms. The summed E-state index contributed by atoms with van der Waals surface area (Å²) in [4.78, 5) is 11.7. The third-order valence-corrected chi connectivity index (χ3v) is 3.91. The highest BCUT2D eigenvalue weighted by Crippen LogP contribution is 2.42. The first kappa shape index (κ1) is 16.0. The third-order valence-electron chi connectivity index (χ3n) is 3.91. The fourth-order valence-electron chi connectivity index (χ4n) is 2.66. The SMILES string of the molecule is COc1ccc([C@@H](c2ccccc2)C(C)(C)C(=O)O)cc1F. The maximum atomic E-state index is 14.0. The summed E-state index contributed by atoms with van der Waals surface area (Å²) in [6.07, 6.45) is 0. The third kappa shape index (κ3) is 2.96. The Hall–Kier alpha value is -2.36. The monoisotopic (exact) mass is 302 g/mol. The van der Waals surface area contributed by atoms with E-state index in [9.17, 15) is 14.3 Å². The summed E-state index contributed by atoms with van der Waals surface area (Å²) in [7, 11) is 1.40. The van der Waals surface area contributed by atoms with Gasteiger partial charge in [-0.25, -0.2) is 4.39 Å². The Labute approximate surface area is 129 Å². The Morgan fingerprint density at radius 2 is 1.77 bits per heavy atom. The molecule has 3 nitrogen and oxygen atoms in total. The molecule has 0 aliphatic heterocycles. The number of benzene rings is 2. The van der Waals surface area contributed by atoms with Gasteiger partial charge in [0.1, 0.15) is 0 Å². The lowest BCUT2D eigenvalue weighted by Crippen LogP contribution is -2.32. The summed E-state index contributed by atoms with van der Waals surface area (Å²) in [6.45, 7) is 3.30. The fraction of sp³-hybridized carbons (Fsp3) is 0.278. The molecule has 0 saturated heterocycles. The second-order valence-electron chi connectivity index (χ2n) is 5.76. The van der Waals surface area contributed by atoms with E-state index >= 15 is 0 Å². The van der Waals surface area contributed by atoms with E-state index in [-0.39, 0.29) is 5.75 Å². The first-order valence-electron chi connectivity index (χ1n) is 6.99. The molecule has 4 heteroatoms. The maximum Gasteiger partial charge on any atom is 0.310 e. The molecule has 0 amide bonds. The van der Waals surface area contributed by atoms with Crippen molar-refractivity contribution in [2.75, 3.05) is 7.11 Å². The zero-order valence-electron chi connectivity index (χ0n) is 12.8. The molecule has 116 valence electrons. The lowest BCUT2D eigenvalue weighted by molar-refractivity contribution is -0.147. The summed E-state index contributed by atoms with van der Waals surface area (Å²) >= 11 is 0. The smallest absolute Gasteiger partial charge is 0.310 e. The minimum Gasteiger partial charge on any atom is -0.494 e. The van der Waals surface area contributed by atoms with Crippen molar-refractivity contribution in [2.24, 2.45) is 5.41 Å². The minimum atomic E-state index is -1.08. The average molecular weight is 302 g/mol. The quantitative estimate of drug-likeness (QED) is 0.905. The van der Waals surface area contributed by atoms with Gasteiger partial charge in [-0.2, -0.15) is 0 Å². The molecule has 2 aromatic rings. The Balaban J connectivity index is 2.59. The Morgan fingerprint density at radius 1 is 1.14 bits per heavy atom. The van der Waals surface area contributed by atoms with Gasteiger partial charge in [0.25, 0.3) is 0 Å². The van der Waals surface area contributed by atoms with E-state index in [1.54, 1.807) is 19.9 Å². The van der Waals surface area contributed by atoms with Crippen LogP contribution in [0.3, 0.4) is 0 Å². The van der Waals surface area contributed by atoms with Gasteiger partial charge in [0.15, 0.2) is 11.6 Å². The molecule has 0 unspecified atom stereocenters. The number of ether oxygens (including phenoxy) is 1. The number of aliphatic carboxylic acids is 1. The molecule has 2 aromatic carbocycles. The van der Waals surface area contributed by atoms with Gasteiger partial charge in [0.2, 0.25) is 0 Å². The van der Waals surface area contributed by atoms with Crippen LogP contribution in [0.15, 0.2) is 48.5 Å². The first-order chi connectivity index (χ1) is 10.4. The molecule has 0 fully saturated rings. The van der Waals surface area contributed by atoms with Crippen molar-refractivity contribution in [3.63, 3.8) is 0 Å². The highest BCUT2D eigenvalue weighted by atomic mass is 19.1. The number of halogens is 1. The molecule has 0 saturated carbocycles. The van der Waals surface area contributed by atoms with E-state index in [0.29, 0.717) is 5.56 Å². The van der Waals surface area contributed by atoms with Crippen molar-refractivity contribution in [2.45, 2.75) is 19.8 Å². The lowest BCUT2D eigenvalue weighted by Gasteiger charge is -2.31. The van der Waals surface area contributed by atoms with Crippen molar-refractivity contribution in [3.8, 4) is 5.75 Å². The van der Waals surface area contributed by atoms with Gasteiger partial charge >= 0.3 is 5.97 Å². The molecule has 0 aromatic heterocycles. The van der Waals surface area contributed by atoms with Crippen LogP contribution >= 0.6 is 0 Å². The molecule has 1 atom stereocenters. The van der Waals surface area contributed by atoms with E-state index in [4.69, 9.17) is 4.74 Å². The van der Waals surface area contributed by atoms with Crippen LogP contribution in [0.4, 0.5) is 4.39 Å². The molecule has 2 rings (SSSR count). The number of rotatable bonds is 5. The Bertz CT molecular complexity index is 665. The topological polar surface area (TPSA) is 46.5 Å². The second kappa shape index (κ2) is 6.18. The van der Waals surface area contributed by atoms with Gasteiger partial charge in [-0.3, -0.25) is 4.79 Å². The number of methoxy groups -OCH3 is 1. The maximum absolute atomic E-state index is 14.0. The van der Waals surface area contributed by atoms with Gasteiger partial charge in [-0.15, -0.1) is 0 Å². The molecular formula is C18H19FO3. The molecule has 0 aliphatic carbocycles. The number of hydrogen-bond donors (Lipinski definition) is 1. The predicted molar refractivity (Wildman–Crippen MR) is 82.7 cm³/mol. The largest absolute Gasteiger partial charge is 0.494 e. The molecule has 0 radical (unpaired) electrons. The van der Waals surface area contributed by atoms with Gasteiger partial charge in [-0.05, 0) is 37.1 Å². The summed E-state index contributed by atoms with van der Waals surface area (Å²) in [5.74, 6) is -1.75. The number of carboxylic acids is 1. The number of hydrogen-bond acceptors (Lipinski definition) is 2. The van der Waals surface area contributed by atoms with Crippen LogP contribution in [0, 0.1) is 11.2 Å². The van der Waals surface area contributed by atoms with Crippen molar-refractivity contribution in [3.05, 3.63) is 65.5 Å². The van der Waals surface area contributed by atoms with E-state index in [0.717, 1.165) is 5.56 Å². The minimum absolute atomic E-state index is 0.142. The summed E-state index contributed by atoms with van der Waals surface area (Å²) in [5, 5.41) is 9.59. The zero-order chi connectivity index (χ0) is 16.3. The molecule has 0 aliphatic rings. The predicted octanol–water partition coefficient (Wildman–Crippen LogP) is 4.08. The summed E-state index contributed by atoms with van der Waals surface area (Å²) < 4.78 is 19.0. The standard InChI is InChI=1S/C18H19FO3/c1-18(2,17(20)21)16(12-7-5-4-6-8-12)13-9-10-15(22-3)14(19)11-13/h4-11,16H,1-3H3,(H,20,21)/t16-/m1/s1. The number of carbonyl (C=O) groups is 1. The molecule has 1 N–H and O–H groups in total. The van der Waals surface area contributed by atoms with Crippen LogP contribution in [-0.2, 0) is 4.79 Å². The van der Waals surface area contributed by atoms with Crippen LogP contribution in [-0.4, -0.2) is 18.2 Å². The summed E-state index contributed by atoms with van der Waals surface area (Å²) in [5.41, 5.74) is 0.360. The van der Waals surface area contributed by atoms with Gasteiger partial charge in [0, 0.05) is 5.92 Å². The highest BCUT2D eigenvalue weighted by Gasteiger charge is 2.39. The molecule has 0 heterocycles. The van der Waals surface area contributed by atoms with Gasteiger partial charge in [0.05, 0.1) is 12.5 Å². The summed E-state index contributed by atoms with van der Waals surface area (Å²) in [6, 6.07) is 13.9. The zero-order valence-corrected chi connectivity index (χ0v) is 12.8. The average Bonchev–Trinajstić information content (AvgIpc) is 2.48. The molecule has 0 bridgehead atoms. The lowest BCUT2D eigenvalue weighted by atomic mass is 9.71. The van der Waals surface area contributed by atoms with Crippen molar-refractivity contribution < 1.29 is 19.0 Å². The highest BCUT2D eigenvalue weighted by molar-refractivity contribution is 5.76. The van der Waals surface area contributed by atoms with Crippen LogP contribution in [0.5, 0.6) is 5.75 Å². The van der Waals surface area contributed by atoms with Crippen LogP contribution in [0.1, 0.15) is 30.9 Å². The van der Waals surface area contributed by atoms with Crippen molar-refractivity contribution in [1.82, 2.24) is 0 Å². The number of carboxylic acid groups (broad SMARTS) is 1. The first-order valence-corrected chi connectivity index (χ1v) is 6.99. The molecule has 0 spiro atoms. The van der Waals surface area contributed by atoms with Crippen molar-refractivity contribution in [1.29, 1.82) is 0 Å². The van der Waals surface area contributed by atoms with E-state index in [1.807, 2.05) is 30.3 Å². The van der Waals surface area contributed by atoms with Crippen LogP contribution in [0.25, 0.3) is 0 Å². The Kier molecular flexibility index (Phi) is 4.50. The Morgan fingerprint density at radius 3 is 2.27 bits per heavy atom. The van der Waals surface area contributed by atoms with Crippen LogP contribution in [0.2, 0.25) is 0 Å². The molecular weight excluding hydrogens is 283 g/mol. The van der Waals surface area contributed by atoms with Gasteiger partial charge in [-0.1, -0.05) is 36.4 Å². The van der Waals surface area contributed by atoms with Gasteiger partial charge < -0.3 is 9.84 Å². The fourth-order valence-corrected chi connectivity index (χ4v) is 2.66. The van der Waals surface area contributed by atoms with E-state index in [2.05, 4.69) is 0 Å². The van der Waals surface area contributed by atoms with Crippen molar-refractivity contribution >= 4 is 5.97 Å². The normalized spacial score (nSPS) is 12.7. The van der Waals surface area contributed by atoms with E-state index in [1.165, 1.54) is 19.2 Å². The second-order valence-corrected chi connectivity index (χ2v) is 5.76.